The number of aryl methyl sites for hydroxylation is 1. The zero-order valence-electron chi connectivity index (χ0n) is 10.9. The molecule has 0 bridgehead atoms. The number of amides is 1. The number of anilines is 1. The molecule has 3 rings (SSSR count). The van der Waals surface area contributed by atoms with E-state index in [4.69, 9.17) is 4.42 Å². The molecule has 0 saturated heterocycles. The van der Waals surface area contributed by atoms with Gasteiger partial charge in [0, 0.05) is 11.7 Å². The van der Waals surface area contributed by atoms with Crippen LogP contribution in [-0.4, -0.2) is 11.9 Å². The summed E-state index contributed by atoms with van der Waals surface area (Å²) >= 11 is 3.19. The molecule has 1 unspecified atom stereocenters. The summed E-state index contributed by atoms with van der Waals surface area (Å²) < 4.78 is 19.2. The quantitative estimate of drug-likeness (QED) is 0.782. The molecular formula is C15H13BrFNO2. The minimum atomic E-state index is -0.272. The van der Waals surface area contributed by atoms with Crippen molar-refractivity contribution in [1.82, 2.24) is 0 Å². The number of benzene rings is 1. The number of rotatable bonds is 1. The Balaban J connectivity index is 2.02. The number of halogens is 2. The number of hydrogen-bond acceptors (Lipinski definition) is 2. The molecule has 3 nitrogen and oxygen atoms in total. The van der Waals surface area contributed by atoms with E-state index in [1.165, 1.54) is 12.1 Å². The lowest BCUT2D eigenvalue weighted by molar-refractivity contribution is 0.0947. The van der Waals surface area contributed by atoms with Gasteiger partial charge in [0.1, 0.15) is 5.82 Å². The molecule has 20 heavy (non-hydrogen) atoms. The number of carbonyl (C=O) groups is 1. The summed E-state index contributed by atoms with van der Waals surface area (Å²) in [6.07, 6.45) is 1.59. The van der Waals surface area contributed by atoms with Crippen molar-refractivity contribution in [1.29, 1.82) is 0 Å². The van der Waals surface area contributed by atoms with E-state index in [1.54, 1.807) is 23.1 Å². The largest absolute Gasteiger partial charge is 0.444 e. The van der Waals surface area contributed by atoms with Gasteiger partial charge < -0.3 is 9.32 Å². The van der Waals surface area contributed by atoms with Crippen molar-refractivity contribution in [3.63, 3.8) is 0 Å². The standard InChI is InChI=1S/C15H13BrFNO2/c1-9-2-3-10-8-11(17)4-5-12(10)18(9)15(19)13-6-7-14(16)20-13/h4-9H,2-3H2,1H3. The Labute approximate surface area is 124 Å². The van der Waals surface area contributed by atoms with Gasteiger partial charge in [0.05, 0.1) is 0 Å². The summed E-state index contributed by atoms with van der Waals surface area (Å²) in [5.74, 6) is -0.192. The van der Waals surface area contributed by atoms with Crippen LogP contribution in [0.1, 0.15) is 29.5 Å². The summed E-state index contributed by atoms with van der Waals surface area (Å²) in [4.78, 5) is 14.3. The van der Waals surface area contributed by atoms with Crippen molar-refractivity contribution < 1.29 is 13.6 Å². The molecule has 0 radical (unpaired) electrons. The Bertz CT molecular complexity index is 668. The molecule has 0 spiro atoms. The first-order valence-corrected chi connectivity index (χ1v) is 7.23. The molecule has 1 aliphatic rings. The molecule has 1 aromatic carbocycles. The van der Waals surface area contributed by atoms with Gasteiger partial charge in [-0.05, 0) is 71.6 Å². The maximum atomic E-state index is 13.3. The van der Waals surface area contributed by atoms with E-state index in [-0.39, 0.29) is 23.5 Å². The van der Waals surface area contributed by atoms with Crippen LogP contribution >= 0.6 is 15.9 Å². The number of carbonyl (C=O) groups excluding carboxylic acids is 1. The van der Waals surface area contributed by atoms with Gasteiger partial charge in [-0.2, -0.15) is 0 Å². The average Bonchev–Trinajstić information content (AvgIpc) is 2.85. The highest BCUT2D eigenvalue weighted by Gasteiger charge is 2.30. The molecule has 1 aromatic heterocycles. The number of nitrogens with zero attached hydrogens (tertiary/aromatic N) is 1. The molecule has 1 aliphatic heterocycles. The lowest BCUT2D eigenvalue weighted by Gasteiger charge is -2.34. The van der Waals surface area contributed by atoms with Crippen LogP contribution in [0.5, 0.6) is 0 Å². The maximum absolute atomic E-state index is 13.3. The van der Waals surface area contributed by atoms with Crippen LogP contribution < -0.4 is 4.90 Å². The van der Waals surface area contributed by atoms with Crippen LogP contribution in [0.2, 0.25) is 0 Å². The minimum absolute atomic E-state index is 0.0596. The number of fused-ring (bicyclic) bond motifs is 1. The molecule has 0 N–H and O–H groups in total. The molecule has 1 amide bonds. The van der Waals surface area contributed by atoms with E-state index in [1.807, 2.05) is 6.92 Å². The number of furan rings is 1. The van der Waals surface area contributed by atoms with Gasteiger partial charge in [0.25, 0.3) is 5.91 Å². The third kappa shape index (κ3) is 2.26. The first kappa shape index (κ1) is 13.4. The molecule has 0 saturated carbocycles. The summed E-state index contributed by atoms with van der Waals surface area (Å²) in [5, 5.41) is 0. The van der Waals surface area contributed by atoms with Crippen molar-refractivity contribution in [2.45, 2.75) is 25.8 Å². The van der Waals surface area contributed by atoms with Crippen LogP contribution in [0.15, 0.2) is 39.4 Å². The Morgan fingerprint density at radius 1 is 1.40 bits per heavy atom. The van der Waals surface area contributed by atoms with Crippen LogP contribution in [0.3, 0.4) is 0 Å². The molecule has 1 atom stereocenters. The lowest BCUT2D eigenvalue weighted by Crippen LogP contribution is -2.42. The second-order valence-electron chi connectivity index (χ2n) is 4.94. The van der Waals surface area contributed by atoms with E-state index in [2.05, 4.69) is 15.9 Å². The third-order valence-corrected chi connectivity index (χ3v) is 4.00. The highest BCUT2D eigenvalue weighted by atomic mass is 79.9. The second kappa shape index (κ2) is 5.05. The Morgan fingerprint density at radius 3 is 2.90 bits per heavy atom. The van der Waals surface area contributed by atoms with Crippen molar-refractivity contribution in [3.8, 4) is 0 Å². The fraction of sp³-hybridized carbons (Fsp3) is 0.267. The van der Waals surface area contributed by atoms with E-state index in [9.17, 15) is 9.18 Å². The normalized spacial score (nSPS) is 17.9. The zero-order valence-corrected chi connectivity index (χ0v) is 12.5. The predicted molar refractivity (Wildman–Crippen MR) is 77.4 cm³/mol. The lowest BCUT2D eigenvalue weighted by atomic mass is 9.96. The van der Waals surface area contributed by atoms with Gasteiger partial charge in [0.15, 0.2) is 10.4 Å². The van der Waals surface area contributed by atoms with Gasteiger partial charge in [-0.25, -0.2) is 4.39 Å². The van der Waals surface area contributed by atoms with E-state index < -0.39 is 0 Å². The van der Waals surface area contributed by atoms with Gasteiger partial charge in [-0.1, -0.05) is 0 Å². The van der Waals surface area contributed by atoms with Crippen LogP contribution in [0.25, 0.3) is 0 Å². The first-order valence-electron chi connectivity index (χ1n) is 6.43. The first-order chi connectivity index (χ1) is 9.56. The highest BCUT2D eigenvalue weighted by Crippen LogP contribution is 2.33. The van der Waals surface area contributed by atoms with Crippen LogP contribution in [-0.2, 0) is 6.42 Å². The van der Waals surface area contributed by atoms with Gasteiger partial charge >= 0.3 is 0 Å². The van der Waals surface area contributed by atoms with Gasteiger partial charge in [-0.3, -0.25) is 4.79 Å². The minimum Gasteiger partial charge on any atom is -0.444 e. The molecule has 2 heterocycles. The topological polar surface area (TPSA) is 33.5 Å². The van der Waals surface area contributed by atoms with Crippen molar-refractivity contribution in [2.24, 2.45) is 0 Å². The highest BCUT2D eigenvalue weighted by molar-refractivity contribution is 9.10. The molecule has 0 aliphatic carbocycles. The second-order valence-corrected chi connectivity index (χ2v) is 5.72. The van der Waals surface area contributed by atoms with Crippen molar-refractivity contribution in [2.75, 3.05) is 4.90 Å². The third-order valence-electron chi connectivity index (χ3n) is 3.58. The van der Waals surface area contributed by atoms with Crippen molar-refractivity contribution in [3.05, 3.63) is 52.1 Å². The molecular weight excluding hydrogens is 325 g/mol. The van der Waals surface area contributed by atoms with Crippen LogP contribution in [0.4, 0.5) is 10.1 Å². The molecule has 0 fully saturated rings. The molecule has 5 heteroatoms. The summed E-state index contributed by atoms with van der Waals surface area (Å²) in [6, 6.07) is 7.93. The molecule has 104 valence electrons. The van der Waals surface area contributed by atoms with Crippen LogP contribution in [0, 0.1) is 5.82 Å². The monoisotopic (exact) mass is 337 g/mol. The fourth-order valence-corrected chi connectivity index (χ4v) is 2.88. The number of hydrogen-bond donors (Lipinski definition) is 0. The maximum Gasteiger partial charge on any atom is 0.294 e. The Hall–Kier alpha value is -1.62. The molecule has 2 aromatic rings. The zero-order chi connectivity index (χ0) is 14.3. The SMILES string of the molecule is CC1CCc2cc(F)ccc2N1C(=O)c1ccc(Br)o1. The van der Waals surface area contributed by atoms with E-state index in [0.29, 0.717) is 4.67 Å². The van der Waals surface area contributed by atoms with Gasteiger partial charge in [0.2, 0.25) is 0 Å². The van der Waals surface area contributed by atoms with E-state index in [0.717, 1.165) is 24.1 Å². The fourth-order valence-electron chi connectivity index (χ4n) is 2.58. The predicted octanol–water partition coefficient (Wildman–Crippen LogP) is 4.16. The smallest absolute Gasteiger partial charge is 0.294 e. The van der Waals surface area contributed by atoms with E-state index >= 15 is 0 Å². The summed E-state index contributed by atoms with van der Waals surface area (Å²) in [7, 11) is 0. The summed E-state index contributed by atoms with van der Waals surface area (Å²) in [5.41, 5.74) is 1.63. The Kier molecular flexibility index (Phi) is 3.38. The van der Waals surface area contributed by atoms with Crippen molar-refractivity contribution >= 4 is 27.5 Å². The Morgan fingerprint density at radius 2 is 2.20 bits per heavy atom. The van der Waals surface area contributed by atoms with Gasteiger partial charge in [-0.15, -0.1) is 0 Å². The average molecular weight is 338 g/mol. The summed E-state index contributed by atoms with van der Waals surface area (Å²) in [6.45, 7) is 1.99.